The van der Waals surface area contributed by atoms with Gasteiger partial charge < -0.3 is 9.64 Å². The second-order valence-electron chi connectivity index (χ2n) is 8.65. The van der Waals surface area contributed by atoms with Crippen molar-refractivity contribution in [1.82, 2.24) is 0 Å². The minimum atomic E-state index is -0.146. The number of rotatable bonds is 6. The highest BCUT2D eigenvalue weighted by atomic mass is 16.5. The van der Waals surface area contributed by atoms with Crippen molar-refractivity contribution in [2.75, 3.05) is 18.0 Å². The number of carbonyl (C=O) groups excluding carboxylic acids is 1. The van der Waals surface area contributed by atoms with Gasteiger partial charge in [0.05, 0.1) is 5.92 Å². The minimum Gasteiger partial charge on any atom is -0.426 e. The lowest BCUT2D eigenvalue weighted by Crippen LogP contribution is -2.50. The predicted octanol–water partition coefficient (Wildman–Crippen LogP) is 6.28. The molecular weight excluding hydrogens is 394 g/mol. The van der Waals surface area contributed by atoms with E-state index in [2.05, 4.69) is 79.4 Å². The zero-order valence-electron chi connectivity index (χ0n) is 18.6. The Bertz CT molecular complexity index is 1120. The molecule has 3 heteroatoms. The van der Waals surface area contributed by atoms with Crippen molar-refractivity contribution in [3.05, 3.63) is 102 Å². The first-order chi connectivity index (χ1) is 15.7. The third kappa shape index (κ3) is 3.52. The lowest BCUT2D eigenvalue weighted by atomic mass is 9.51. The van der Waals surface area contributed by atoms with Crippen LogP contribution in [-0.2, 0) is 4.79 Å². The van der Waals surface area contributed by atoms with Crippen LogP contribution in [0.2, 0.25) is 0 Å². The molecule has 1 heterocycles. The number of ether oxygens (including phenoxy) is 1. The van der Waals surface area contributed by atoms with E-state index in [0.717, 1.165) is 35.7 Å². The Balaban J connectivity index is 1.53. The van der Waals surface area contributed by atoms with Crippen LogP contribution in [0.25, 0.3) is 6.08 Å². The van der Waals surface area contributed by atoms with Crippen molar-refractivity contribution >= 4 is 17.7 Å². The fraction of sp³-hybridized carbons (Fsp3) is 0.276. The van der Waals surface area contributed by atoms with Gasteiger partial charge in [-0.2, -0.15) is 0 Å². The van der Waals surface area contributed by atoms with Crippen LogP contribution in [-0.4, -0.2) is 19.1 Å². The fourth-order valence-corrected chi connectivity index (χ4v) is 5.45. The van der Waals surface area contributed by atoms with Crippen molar-refractivity contribution in [1.29, 1.82) is 0 Å². The number of allylic oxidation sites excluding steroid dienone is 1. The molecule has 4 unspecified atom stereocenters. The molecule has 0 amide bonds. The summed E-state index contributed by atoms with van der Waals surface area (Å²) in [4.78, 5) is 15.4. The number of esters is 1. The zero-order valence-corrected chi connectivity index (χ0v) is 18.6. The standard InChI is InChI=1S/C29H29NO2/c1-3-30(4-2)22-16-18-23-25(19-22)32-29(31)28-24(17-15-20-11-7-5-8-12-20)26(27(23)28)21-13-9-6-10-14-21/h5-19,24,26-28H,3-4H2,1-2H3/b17-15+. The maximum Gasteiger partial charge on any atom is 0.315 e. The molecule has 3 aromatic carbocycles. The van der Waals surface area contributed by atoms with Crippen molar-refractivity contribution < 1.29 is 9.53 Å². The van der Waals surface area contributed by atoms with E-state index in [9.17, 15) is 4.79 Å². The van der Waals surface area contributed by atoms with Gasteiger partial charge in [-0.3, -0.25) is 4.79 Å². The lowest BCUT2D eigenvalue weighted by Gasteiger charge is -2.52. The van der Waals surface area contributed by atoms with Crippen LogP contribution in [0.5, 0.6) is 5.75 Å². The van der Waals surface area contributed by atoms with E-state index in [1.807, 2.05) is 30.3 Å². The summed E-state index contributed by atoms with van der Waals surface area (Å²) in [5.74, 6) is 0.996. The number of nitrogens with zero attached hydrogens (tertiary/aromatic N) is 1. The van der Waals surface area contributed by atoms with E-state index < -0.39 is 0 Å². The van der Waals surface area contributed by atoms with E-state index in [4.69, 9.17) is 4.74 Å². The van der Waals surface area contributed by atoms with E-state index in [0.29, 0.717) is 0 Å². The molecule has 0 N–H and O–H groups in total. The Labute approximate surface area is 190 Å². The van der Waals surface area contributed by atoms with E-state index in [1.54, 1.807) is 0 Å². The predicted molar refractivity (Wildman–Crippen MR) is 130 cm³/mol. The van der Waals surface area contributed by atoms with Gasteiger partial charge in [-0.15, -0.1) is 0 Å². The van der Waals surface area contributed by atoms with Crippen molar-refractivity contribution in [2.24, 2.45) is 11.8 Å². The molecule has 0 radical (unpaired) electrons. The molecule has 3 nitrogen and oxygen atoms in total. The number of anilines is 1. The molecule has 2 aliphatic rings. The molecule has 0 saturated heterocycles. The maximum atomic E-state index is 13.2. The maximum absolute atomic E-state index is 13.2. The summed E-state index contributed by atoms with van der Waals surface area (Å²) >= 11 is 0. The highest BCUT2D eigenvalue weighted by Crippen LogP contribution is 2.62. The van der Waals surface area contributed by atoms with Gasteiger partial charge in [0.15, 0.2) is 0 Å². The van der Waals surface area contributed by atoms with Crippen molar-refractivity contribution in [3.63, 3.8) is 0 Å². The van der Waals surface area contributed by atoms with Gasteiger partial charge in [-0.25, -0.2) is 0 Å². The summed E-state index contributed by atoms with van der Waals surface area (Å²) in [5.41, 5.74) is 4.70. The SMILES string of the molecule is CCN(CC)c1ccc2c(c1)OC(=O)C1C(/C=C/c3ccccc3)C(c3ccccc3)C21. The summed E-state index contributed by atoms with van der Waals surface area (Å²) in [6.07, 6.45) is 4.35. The monoisotopic (exact) mass is 423 g/mol. The van der Waals surface area contributed by atoms with E-state index in [1.165, 1.54) is 5.56 Å². The third-order valence-electron chi connectivity index (χ3n) is 7.07. The van der Waals surface area contributed by atoms with Gasteiger partial charge in [0, 0.05) is 30.8 Å². The molecule has 32 heavy (non-hydrogen) atoms. The van der Waals surface area contributed by atoms with Crippen molar-refractivity contribution in [3.8, 4) is 5.75 Å². The summed E-state index contributed by atoms with van der Waals surface area (Å²) < 4.78 is 5.91. The molecule has 1 aliphatic carbocycles. The average Bonchev–Trinajstić information content (AvgIpc) is 2.81. The van der Waals surface area contributed by atoms with Crippen LogP contribution in [0.3, 0.4) is 0 Å². The summed E-state index contributed by atoms with van der Waals surface area (Å²) in [5, 5.41) is 0. The highest BCUT2D eigenvalue weighted by Gasteiger charge is 2.57. The van der Waals surface area contributed by atoms with Crippen LogP contribution in [0.15, 0.2) is 84.9 Å². The number of hydrogen-bond donors (Lipinski definition) is 0. The normalized spacial score (nSPS) is 23.8. The number of fused-ring (bicyclic) bond motifs is 3. The second kappa shape index (κ2) is 8.66. The Morgan fingerprint density at radius 3 is 2.22 bits per heavy atom. The fourth-order valence-electron chi connectivity index (χ4n) is 5.45. The number of benzene rings is 3. The van der Waals surface area contributed by atoms with Gasteiger partial charge >= 0.3 is 5.97 Å². The molecule has 1 fully saturated rings. The zero-order chi connectivity index (χ0) is 22.1. The van der Waals surface area contributed by atoms with Crippen LogP contribution in [0.4, 0.5) is 5.69 Å². The van der Waals surface area contributed by atoms with Gasteiger partial charge in [0.1, 0.15) is 5.75 Å². The Morgan fingerprint density at radius 2 is 1.53 bits per heavy atom. The van der Waals surface area contributed by atoms with E-state index in [-0.39, 0.29) is 29.6 Å². The van der Waals surface area contributed by atoms with Gasteiger partial charge in [-0.05, 0) is 48.4 Å². The van der Waals surface area contributed by atoms with Gasteiger partial charge in [0.25, 0.3) is 0 Å². The molecule has 0 spiro atoms. The second-order valence-corrected chi connectivity index (χ2v) is 8.65. The summed E-state index contributed by atoms with van der Waals surface area (Å²) in [6.45, 7) is 6.14. The minimum absolute atomic E-state index is 0.103. The molecule has 1 saturated carbocycles. The largest absolute Gasteiger partial charge is 0.426 e. The molecule has 5 rings (SSSR count). The molecule has 0 bridgehead atoms. The number of carbonyl (C=O) groups is 1. The summed E-state index contributed by atoms with van der Waals surface area (Å²) in [7, 11) is 0. The van der Waals surface area contributed by atoms with Gasteiger partial charge in [-0.1, -0.05) is 78.9 Å². The van der Waals surface area contributed by atoms with Crippen LogP contribution in [0, 0.1) is 11.8 Å². The molecule has 1 aliphatic heterocycles. The first-order valence-electron chi connectivity index (χ1n) is 11.6. The molecule has 4 atom stereocenters. The Hall–Kier alpha value is -3.33. The van der Waals surface area contributed by atoms with Crippen LogP contribution >= 0.6 is 0 Å². The highest BCUT2D eigenvalue weighted by molar-refractivity contribution is 5.83. The summed E-state index contributed by atoms with van der Waals surface area (Å²) in [6, 6.07) is 27.3. The Kier molecular flexibility index (Phi) is 5.57. The quantitative estimate of drug-likeness (QED) is 0.345. The van der Waals surface area contributed by atoms with Crippen LogP contribution < -0.4 is 9.64 Å². The molecule has 3 aromatic rings. The van der Waals surface area contributed by atoms with Crippen molar-refractivity contribution in [2.45, 2.75) is 25.7 Å². The number of hydrogen-bond acceptors (Lipinski definition) is 3. The molecule has 162 valence electrons. The molecular formula is C29H29NO2. The third-order valence-corrected chi connectivity index (χ3v) is 7.07. The van der Waals surface area contributed by atoms with E-state index >= 15 is 0 Å². The first kappa shape index (κ1) is 20.6. The first-order valence-corrected chi connectivity index (χ1v) is 11.6. The Morgan fingerprint density at radius 1 is 0.844 bits per heavy atom. The smallest absolute Gasteiger partial charge is 0.315 e. The van der Waals surface area contributed by atoms with Gasteiger partial charge in [0.2, 0.25) is 0 Å². The van der Waals surface area contributed by atoms with Crippen LogP contribution in [0.1, 0.15) is 42.4 Å². The average molecular weight is 424 g/mol. The molecule has 0 aromatic heterocycles. The lowest BCUT2D eigenvalue weighted by molar-refractivity contribution is -0.148. The topological polar surface area (TPSA) is 29.5 Å².